The Morgan fingerprint density at radius 1 is 1.20 bits per heavy atom. The number of amides is 1. The van der Waals surface area contributed by atoms with Gasteiger partial charge in [-0.15, -0.1) is 11.3 Å². The maximum atomic E-state index is 12.9. The smallest absolute Gasteiger partial charge is 0.351 e. The summed E-state index contributed by atoms with van der Waals surface area (Å²) in [5, 5.41) is 2.54. The maximum Gasteiger partial charge on any atom is 0.416 e. The van der Waals surface area contributed by atoms with E-state index in [1.807, 2.05) is 0 Å². The molecule has 25 heavy (non-hydrogen) atoms. The number of carbonyl (C=O) groups is 1. The third-order valence-corrected chi connectivity index (χ3v) is 6.17. The molecule has 2 N–H and O–H groups in total. The maximum absolute atomic E-state index is 12.9. The zero-order valence-corrected chi connectivity index (χ0v) is 14.9. The van der Waals surface area contributed by atoms with E-state index in [1.165, 1.54) is 38.1 Å². The van der Waals surface area contributed by atoms with Gasteiger partial charge in [-0.3, -0.25) is 9.52 Å². The summed E-state index contributed by atoms with van der Waals surface area (Å²) >= 11 is 0.927. The van der Waals surface area contributed by atoms with Crippen LogP contribution in [-0.2, 0) is 27.5 Å². The van der Waals surface area contributed by atoms with Gasteiger partial charge in [0, 0.05) is 17.5 Å². The second-order valence-corrected chi connectivity index (χ2v) is 8.34. The van der Waals surface area contributed by atoms with Crippen LogP contribution in [0.3, 0.4) is 0 Å². The van der Waals surface area contributed by atoms with E-state index in [-0.39, 0.29) is 27.9 Å². The zero-order valence-electron chi connectivity index (χ0n) is 13.3. The molecule has 0 unspecified atom stereocenters. The van der Waals surface area contributed by atoms with Crippen molar-refractivity contribution >= 4 is 33.0 Å². The van der Waals surface area contributed by atoms with E-state index >= 15 is 0 Å². The number of benzene rings is 1. The number of nitrogens with one attached hydrogen (secondary N) is 2. The molecule has 1 heterocycles. The lowest BCUT2D eigenvalue weighted by Gasteiger charge is -2.13. The minimum absolute atomic E-state index is 0.00386. The van der Waals surface area contributed by atoms with Crippen molar-refractivity contribution in [3.63, 3.8) is 0 Å². The highest BCUT2D eigenvalue weighted by Crippen LogP contribution is 2.34. The van der Waals surface area contributed by atoms with Gasteiger partial charge in [0.05, 0.1) is 12.1 Å². The standard InChI is InChI=1S/C15H15F3N2O3S2/c1-9-3-4-11(7-13(9)15(16,17)18)20-25(22,23)14-6-5-12(24-14)8-19-10(2)21/h3-7,20H,8H2,1-2H3,(H,19,21). The van der Waals surface area contributed by atoms with E-state index in [0.717, 1.165) is 17.4 Å². The lowest BCUT2D eigenvalue weighted by Crippen LogP contribution is -2.18. The molecular weight excluding hydrogens is 377 g/mol. The number of hydrogen-bond donors (Lipinski definition) is 2. The van der Waals surface area contributed by atoms with E-state index in [4.69, 9.17) is 0 Å². The molecular formula is C15H15F3N2O3S2. The normalized spacial score (nSPS) is 12.0. The van der Waals surface area contributed by atoms with Crippen LogP contribution in [0, 0.1) is 6.92 Å². The number of halogens is 3. The number of anilines is 1. The Morgan fingerprint density at radius 2 is 1.88 bits per heavy atom. The second-order valence-electron chi connectivity index (χ2n) is 5.26. The largest absolute Gasteiger partial charge is 0.416 e. The van der Waals surface area contributed by atoms with E-state index in [0.29, 0.717) is 4.88 Å². The van der Waals surface area contributed by atoms with Crippen molar-refractivity contribution in [2.75, 3.05) is 4.72 Å². The van der Waals surface area contributed by atoms with E-state index in [2.05, 4.69) is 10.0 Å². The summed E-state index contributed by atoms with van der Waals surface area (Å²) in [7, 11) is -4.02. The molecule has 0 saturated carbocycles. The number of hydrogen-bond acceptors (Lipinski definition) is 4. The van der Waals surface area contributed by atoms with Crippen LogP contribution in [0.25, 0.3) is 0 Å². The summed E-state index contributed by atoms with van der Waals surface area (Å²) in [6.07, 6.45) is -4.57. The fourth-order valence-corrected chi connectivity index (χ4v) is 4.35. The zero-order chi connectivity index (χ0) is 18.8. The number of sulfonamides is 1. The Balaban J connectivity index is 2.23. The first kappa shape index (κ1) is 19.3. The van der Waals surface area contributed by atoms with Crippen LogP contribution >= 0.6 is 11.3 Å². The first-order valence-corrected chi connectivity index (χ1v) is 9.33. The van der Waals surface area contributed by atoms with Gasteiger partial charge in [0.2, 0.25) is 5.91 Å². The minimum Gasteiger partial charge on any atom is -0.351 e. The number of rotatable bonds is 5. The molecule has 0 aliphatic rings. The molecule has 0 aliphatic heterocycles. The van der Waals surface area contributed by atoms with Crippen LogP contribution in [-0.4, -0.2) is 14.3 Å². The van der Waals surface area contributed by atoms with Gasteiger partial charge in [-0.25, -0.2) is 8.42 Å². The molecule has 1 aromatic carbocycles. The lowest BCUT2D eigenvalue weighted by molar-refractivity contribution is -0.138. The van der Waals surface area contributed by atoms with Gasteiger partial charge in [0.1, 0.15) is 4.21 Å². The SMILES string of the molecule is CC(=O)NCc1ccc(S(=O)(=O)Nc2ccc(C)c(C(F)(F)F)c2)s1. The van der Waals surface area contributed by atoms with Crippen molar-refractivity contribution in [3.8, 4) is 0 Å². The Bertz CT molecular complexity index is 890. The van der Waals surface area contributed by atoms with Crippen LogP contribution in [0.4, 0.5) is 18.9 Å². The highest BCUT2D eigenvalue weighted by Gasteiger charge is 2.32. The molecule has 0 fully saturated rings. The van der Waals surface area contributed by atoms with Gasteiger partial charge in [-0.2, -0.15) is 13.2 Å². The molecule has 0 spiro atoms. The van der Waals surface area contributed by atoms with Gasteiger partial charge in [-0.05, 0) is 36.8 Å². The number of thiophene rings is 1. The molecule has 2 rings (SSSR count). The molecule has 1 aromatic heterocycles. The molecule has 0 saturated heterocycles. The molecule has 136 valence electrons. The lowest BCUT2D eigenvalue weighted by atomic mass is 10.1. The third-order valence-electron chi connectivity index (χ3n) is 3.21. The Kier molecular flexibility index (Phi) is 5.43. The number of carbonyl (C=O) groups excluding carboxylic acids is 1. The monoisotopic (exact) mass is 392 g/mol. The summed E-state index contributed by atoms with van der Waals surface area (Å²) in [6.45, 7) is 2.81. The molecule has 10 heteroatoms. The summed E-state index contributed by atoms with van der Waals surface area (Å²) in [6, 6.07) is 6.11. The number of alkyl halides is 3. The van der Waals surface area contributed by atoms with Crippen LogP contribution in [0.1, 0.15) is 22.9 Å². The fourth-order valence-electron chi connectivity index (χ4n) is 2.01. The summed E-state index contributed by atoms with van der Waals surface area (Å²) in [4.78, 5) is 11.5. The molecule has 0 radical (unpaired) electrons. The molecule has 1 amide bonds. The van der Waals surface area contributed by atoms with E-state index in [9.17, 15) is 26.4 Å². The Morgan fingerprint density at radius 3 is 2.48 bits per heavy atom. The van der Waals surface area contributed by atoms with Crippen molar-refractivity contribution < 1.29 is 26.4 Å². The van der Waals surface area contributed by atoms with Crippen molar-refractivity contribution in [2.45, 2.75) is 30.8 Å². The fraction of sp³-hybridized carbons (Fsp3) is 0.267. The van der Waals surface area contributed by atoms with Crippen LogP contribution < -0.4 is 10.0 Å². The topological polar surface area (TPSA) is 75.3 Å². The number of aryl methyl sites for hydroxylation is 1. The van der Waals surface area contributed by atoms with Crippen molar-refractivity contribution in [3.05, 3.63) is 46.3 Å². The average molecular weight is 392 g/mol. The van der Waals surface area contributed by atoms with Gasteiger partial charge in [-0.1, -0.05) is 6.07 Å². The first-order valence-electron chi connectivity index (χ1n) is 7.03. The van der Waals surface area contributed by atoms with Gasteiger partial charge < -0.3 is 5.32 Å². The predicted molar refractivity (Wildman–Crippen MR) is 88.8 cm³/mol. The van der Waals surface area contributed by atoms with Crippen molar-refractivity contribution in [1.29, 1.82) is 0 Å². The van der Waals surface area contributed by atoms with E-state index < -0.39 is 21.8 Å². The van der Waals surface area contributed by atoms with Crippen LogP contribution in [0.15, 0.2) is 34.5 Å². The quantitative estimate of drug-likeness (QED) is 0.818. The highest BCUT2D eigenvalue weighted by atomic mass is 32.2. The molecule has 0 aliphatic carbocycles. The predicted octanol–water partition coefficient (Wildman–Crippen LogP) is 3.51. The highest BCUT2D eigenvalue weighted by molar-refractivity contribution is 7.94. The van der Waals surface area contributed by atoms with Gasteiger partial charge in [0.25, 0.3) is 10.0 Å². The first-order chi connectivity index (χ1) is 11.5. The molecule has 5 nitrogen and oxygen atoms in total. The molecule has 2 aromatic rings. The summed E-state index contributed by atoms with van der Waals surface area (Å²) < 4.78 is 65.5. The second kappa shape index (κ2) is 7.04. The van der Waals surface area contributed by atoms with Gasteiger partial charge >= 0.3 is 6.18 Å². The average Bonchev–Trinajstić information content (AvgIpc) is 2.95. The Hall–Kier alpha value is -2.07. The Labute approximate surface area is 146 Å². The minimum atomic E-state index is -4.57. The molecule has 0 bridgehead atoms. The van der Waals surface area contributed by atoms with Crippen molar-refractivity contribution in [1.82, 2.24) is 5.32 Å². The summed E-state index contributed by atoms with van der Waals surface area (Å²) in [5.41, 5.74) is -1.07. The van der Waals surface area contributed by atoms with Crippen molar-refractivity contribution in [2.24, 2.45) is 0 Å². The third kappa shape index (κ3) is 4.95. The van der Waals surface area contributed by atoms with Crippen LogP contribution in [0.2, 0.25) is 0 Å². The van der Waals surface area contributed by atoms with Gasteiger partial charge in [0.15, 0.2) is 0 Å². The summed E-state index contributed by atoms with van der Waals surface area (Å²) in [5.74, 6) is -0.254. The molecule has 0 atom stereocenters. The van der Waals surface area contributed by atoms with Crippen LogP contribution in [0.5, 0.6) is 0 Å². The van der Waals surface area contributed by atoms with E-state index in [1.54, 1.807) is 0 Å².